The summed E-state index contributed by atoms with van der Waals surface area (Å²) in [6, 6.07) is 0. The predicted molar refractivity (Wildman–Crippen MR) is 57.4 cm³/mol. The normalized spacial score (nSPS) is 15.4. The molecule has 72 valence electrons. The highest BCUT2D eigenvalue weighted by atomic mass is 32.2. The van der Waals surface area contributed by atoms with Crippen LogP contribution in [-0.2, 0) is 0 Å². The summed E-state index contributed by atoms with van der Waals surface area (Å²) in [6.45, 7) is 8.56. The first-order chi connectivity index (χ1) is 5.45. The molecule has 0 aliphatic carbocycles. The zero-order valence-electron chi connectivity index (χ0n) is 8.50. The molecule has 0 aliphatic rings. The van der Waals surface area contributed by atoms with Crippen molar-refractivity contribution >= 4 is 11.8 Å². The van der Waals surface area contributed by atoms with Crippen LogP contribution >= 0.6 is 11.8 Å². The van der Waals surface area contributed by atoms with Crippen molar-refractivity contribution in [3.63, 3.8) is 0 Å². The van der Waals surface area contributed by atoms with Crippen molar-refractivity contribution in [3.05, 3.63) is 11.5 Å². The standard InChI is InChI=1S/C10H20OS/c1-5-6-9(11)7-8-12-10(2,3)4/h7-9,11H,5-6H2,1-4H3. The minimum atomic E-state index is -0.259. The number of hydrogen-bond acceptors (Lipinski definition) is 2. The van der Waals surface area contributed by atoms with E-state index in [1.807, 2.05) is 11.5 Å². The third kappa shape index (κ3) is 8.15. The maximum absolute atomic E-state index is 9.35. The summed E-state index contributed by atoms with van der Waals surface area (Å²) in [6.07, 6.45) is 3.51. The summed E-state index contributed by atoms with van der Waals surface area (Å²) in [7, 11) is 0. The lowest BCUT2D eigenvalue weighted by molar-refractivity contribution is 0.212. The van der Waals surface area contributed by atoms with E-state index < -0.39 is 0 Å². The Morgan fingerprint density at radius 1 is 1.42 bits per heavy atom. The second-order valence-electron chi connectivity index (χ2n) is 3.91. The summed E-state index contributed by atoms with van der Waals surface area (Å²) in [5.74, 6) is 0. The van der Waals surface area contributed by atoms with Gasteiger partial charge in [-0.05, 0) is 17.9 Å². The van der Waals surface area contributed by atoms with Gasteiger partial charge in [0, 0.05) is 4.75 Å². The van der Waals surface area contributed by atoms with Gasteiger partial charge in [0.15, 0.2) is 0 Å². The third-order valence-corrected chi connectivity index (χ3v) is 2.31. The molecule has 0 aromatic rings. The molecule has 0 fully saturated rings. The van der Waals surface area contributed by atoms with E-state index in [4.69, 9.17) is 0 Å². The highest BCUT2D eigenvalue weighted by Gasteiger charge is 2.07. The van der Waals surface area contributed by atoms with Crippen LogP contribution in [-0.4, -0.2) is 16.0 Å². The molecule has 0 aromatic carbocycles. The number of thioether (sulfide) groups is 1. The number of hydrogen-bond donors (Lipinski definition) is 1. The van der Waals surface area contributed by atoms with Crippen LogP contribution < -0.4 is 0 Å². The molecular formula is C10H20OS. The molecule has 0 radical (unpaired) electrons. The van der Waals surface area contributed by atoms with Gasteiger partial charge < -0.3 is 5.11 Å². The fourth-order valence-electron chi connectivity index (χ4n) is 0.726. The van der Waals surface area contributed by atoms with Gasteiger partial charge >= 0.3 is 0 Å². The largest absolute Gasteiger partial charge is 0.389 e. The van der Waals surface area contributed by atoms with Crippen LogP contribution in [0.25, 0.3) is 0 Å². The van der Waals surface area contributed by atoms with E-state index in [1.165, 1.54) is 0 Å². The maximum Gasteiger partial charge on any atom is 0.0728 e. The van der Waals surface area contributed by atoms with E-state index in [1.54, 1.807) is 11.8 Å². The fraction of sp³-hybridized carbons (Fsp3) is 0.800. The van der Waals surface area contributed by atoms with Crippen LogP contribution in [0.1, 0.15) is 40.5 Å². The van der Waals surface area contributed by atoms with Gasteiger partial charge in [-0.1, -0.05) is 34.1 Å². The predicted octanol–water partition coefficient (Wildman–Crippen LogP) is 3.19. The topological polar surface area (TPSA) is 20.2 Å². The molecule has 1 unspecified atom stereocenters. The number of rotatable bonds is 4. The third-order valence-electron chi connectivity index (χ3n) is 1.31. The van der Waals surface area contributed by atoms with Gasteiger partial charge in [0.1, 0.15) is 0 Å². The van der Waals surface area contributed by atoms with Crippen LogP contribution in [0.2, 0.25) is 0 Å². The van der Waals surface area contributed by atoms with Crippen LogP contribution in [0.3, 0.4) is 0 Å². The molecule has 0 heterocycles. The minimum absolute atomic E-state index is 0.252. The molecule has 0 spiro atoms. The van der Waals surface area contributed by atoms with Crippen molar-refractivity contribution < 1.29 is 5.11 Å². The molecule has 1 N–H and O–H groups in total. The average Bonchev–Trinajstić information content (AvgIpc) is 1.84. The van der Waals surface area contributed by atoms with Crippen LogP contribution in [0.5, 0.6) is 0 Å². The summed E-state index contributed by atoms with van der Waals surface area (Å²) in [5, 5.41) is 11.3. The van der Waals surface area contributed by atoms with Crippen molar-refractivity contribution in [1.82, 2.24) is 0 Å². The Bertz CT molecular complexity index is 135. The average molecular weight is 188 g/mol. The summed E-state index contributed by atoms with van der Waals surface area (Å²) < 4.78 is 0.252. The van der Waals surface area contributed by atoms with E-state index in [0.717, 1.165) is 12.8 Å². The smallest absolute Gasteiger partial charge is 0.0728 e. The molecule has 0 aliphatic heterocycles. The van der Waals surface area contributed by atoms with Crippen molar-refractivity contribution in [3.8, 4) is 0 Å². The second kappa shape index (κ2) is 5.65. The quantitative estimate of drug-likeness (QED) is 0.731. The Kier molecular flexibility index (Phi) is 5.68. The van der Waals surface area contributed by atoms with Gasteiger partial charge in [-0.15, -0.1) is 11.8 Å². The van der Waals surface area contributed by atoms with Crippen LogP contribution in [0, 0.1) is 0 Å². The lowest BCUT2D eigenvalue weighted by Gasteiger charge is -2.14. The Morgan fingerprint density at radius 3 is 2.42 bits per heavy atom. The first-order valence-electron chi connectivity index (χ1n) is 4.48. The highest BCUT2D eigenvalue weighted by molar-refractivity contribution is 8.03. The molecule has 1 atom stereocenters. The zero-order chi connectivity index (χ0) is 9.61. The molecule has 0 aromatic heterocycles. The lowest BCUT2D eigenvalue weighted by atomic mass is 10.2. The lowest BCUT2D eigenvalue weighted by Crippen LogP contribution is -2.06. The zero-order valence-corrected chi connectivity index (χ0v) is 9.32. The first-order valence-corrected chi connectivity index (χ1v) is 5.36. The molecule has 0 amide bonds. The molecule has 1 nitrogen and oxygen atoms in total. The Hall–Kier alpha value is 0.0500. The van der Waals surface area contributed by atoms with Crippen molar-refractivity contribution in [2.45, 2.75) is 51.4 Å². The maximum atomic E-state index is 9.35. The molecule has 12 heavy (non-hydrogen) atoms. The van der Waals surface area contributed by atoms with Crippen LogP contribution in [0.4, 0.5) is 0 Å². The van der Waals surface area contributed by atoms with Crippen molar-refractivity contribution in [1.29, 1.82) is 0 Å². The summed E-state index contributed by atoms with van der Waals surface area (Å²) in [4.78, 5) is 0. The first kappa shape index (κ1) is 12.0. The number of aliphatic hydroxyl groups excluding tert-OH is 1. The molecular weight excluding hydrogens is 168 g/mol. The van der Waals surface area contributed by atoms with Gasteiger partial charge in [-0.2, -0.15) is 0 Å². The molecule has 0 saturated heterocycles. The summed E-state index contributed by atoms with van der Waals surface area (Å²) in [5.41, 5.74) is 0. The molecule has 0 saturated carbocycles. The summed E-state index contributed by atoms with van der Waals surface area (Å²) >= 11 is 1.75. The molecule has 0 bridgehead atoms. The van der Waals surface area contributed by atoms with Crippen molar-refractivity contribution in [2.75, 3.05) is 0 Å². The minimum Gasteiger partial charge on any atom is -0.389 e. The Morgan fingerprint density at radius 2 is 2.00 bits per heavy atom. The molecule has 0 rings (SSSR count). The van der Waals surface area contributed by atoms with E-state index in [-0.39, 0.29) is 10.9 Å². The van der Waals surface area contributed by atoms with Gasteiger partial charge in [-0.3, -0.25) is 0 Å². The number of aliphatic hydroxyl groups is 1. The van der Waals surface area contributed by atoms with Gasteiger partial charge in [-0.25, -0.2) is 0 Å². The monoisotopic (exact) mass is 188 g/mol. The van der Waals surface area contributed by atoms with Crippen molar-refractivity contribution in [2.24, 2.45) is 0 Å². The van der Waals surface area contributed by atoms with Gasteiger partial charge in [0.05, 0.1) is 6.10 Å². The van der Waals surface area contributed by atoms with E-state index in [2.05, 4.69) is 27.7 Å². The highest BCUT2D eigenvalue weighted by Crippen LogP contribution is 2.24. The Labute approximate surface area is 80.3 Å². The van der Waals surface area contributed by atoms with Crippen LogP contribution in [0.15, 0.2) is 11.5 Å². The fourth-order valence-corrected chi connectivity index (χ4v) is 1.39. The van der Waals surface area contributed by atoms with E-state index >= 15 is 0 Å². The Balaban J connectivity index is 3.61. The van der Waals surface area contributed by atoms with E-state index in [0.29, 0.717) is 0 Å². The van der Waals surface area contributed by atoms with Gasteiger partial charge in [0.25, 0.3) is 0 Å². The molecule has 2 heteroatoms. The SMILES string of the molecule is CCCC(O)C=CSC(C)(C)C. The van der Waals surface area contributed by atoms with Gasteiger partial charge in [0.2, 0.25) is 0 Å². The van der Waals surface area contributed by atoms with E-state index in [9.17, 15) is 5.11 Å². The second-order valence-corrected chi connectivity index (χ2v) is 5.65.